The van der Waals surface area contributed by atoms with Gasteiger partial charge in [0.1, 0.15) is 19.3 Å². The number of aliphatic hydroxyl groups excluding tert-OH is 2. The molecule has 332 valence electrons. The van der Waals surface area contributed by atoms with Crippen molar-refractivity contribution in [2.45, 2.75) is 132 Å². The SMILES string of the molecule is CC.CC.CCCC(=O)OC(=O)CCC.CCCCC(=O)OCC(COP(=O)(O)OCC[NH2+]C)OC(=O)CCCC.CNCCOP(=O)(O)OCC(O)CO. The molecule has 0 aliphatic carbocycles. The van der Waals surface area contributed by atoms with Gasteiger partial charge in [-0.3, -0.25) is 37.3 Å². The van der Waals surface area contributed by atoms with Gasteiger partial charge in [-0.2, -0.15) is 0 Å². The van der Waals surface area contributed by atoms with Crippen LogP contribution < -0.4 is 10.6 Å². The van der Waals surface area contributed by atoms with E-state index in [2.05, 4.69) is 19.1 Å². The summed E-state index contributed by atoms with van der Waals surface area (Å²) in [7, 11) is -4.89. The fourth-order valence-electron chi connectivity index (χ4n) is 2.93. The van der Waals surface area contributed by atoms with E-state index < -0.39 is 71.6 Å². The predicted molar refractivity (Wildman–Crippen MR) is 207 cm³/mol. The van der Waals surface area contributed by atoms with E-state index in [1.165, 1.54) is 0 Å². The van der Waals surface area contributed by atoms with Gasteiger partial charge in [-0.1, -0.05) is 68.2 Å². The molecule has 0 bridgehead atoms. The van der Waals surface area contributed by atoms with Crippen LogP contribution in [-0.4, -0.2) is 123 Å². The number of unbranched alkanes of at least 4 members (excludes halogenated alkanes) is 2. The minimum Gasteiger partial charge on any atom is -0.462 e. The summed E-state index contributed by atoms with van der Waals surface area (Å²) in [6.07, 6.45) is 3.49. The van der Waals surface area contributed by atoms with Crippen LogP contribution in [0.4, 0.5) is 0 Å². The number of rotatable bonds is 28. The maximum atomic E-state index is 11.8. The molecule has 0 heterocycles. The molecule has 0 aromatic heterocycles. The fraction of sp³-hybridized carbons (Fsp3) is 0.882. The zero-order valence-corrected chi connectivity index (χ0v) is 36.7. The first kappa shape index (κ1) is 62.3. The van der Waals surface area contributed by atoms with Crippen LogP contribution in [0.2, 0.25) is 0 Å². The average Bonchev–Trinajstić information content (AvgIpc) is 3.15. The van der Waals surface area contributed by atoms with Gasteiger partial charge >= 0.3 is 39.5 Å². The second-order valence-corrected chi connectivity index (χ2v) is 13.6. The Hall–Kier alpha value is -1.86. The van der Waals surface area contributed by atoms with Crippen molar-refractivity contribution in [3.8, 4) is 0 Å². The number of carbonyl (C=O) groups excluding carboxylic acids is 4. The van der Waals surface area contributed by atoms with Crippen molar-refractivity contribution in [1.82, 2.24) is 5.32 Å². The lowest BCUT2D eigenvalue weighted by molar-refractivity contribution is -0.627. The Morgan fingerprint density at radius 1 is 0.673 bits per heavy atom. The van der Waals surface area contributed by atoms with E-state index in [1.54, 1.807) is 19.4 Å². The zero-order valence-electron chi connectivity index (χ0n) is 35.0. The predicted octanol–water partition coefficient (Wildman–Crippen LogP) is 3.55. The Kier molecular flexibility index (Phi) is 50.8. The highest BCUT2D eigenvalue weighted by Crippen LogP contribution is 2.43. The van der Waals surface area contributed by atoms with Crippen molar-refractivity contribution in [2.24, 2.45) is 0 Å². The first-order valence-electron chi connectivity index (χ1n) is 19.1. The average molecular weight is 846 g/mol. The third kappa shape index (κ3) is 50.1. The number of likely N-dealkylation sites (N-methyl/N-ethyl adjacent to an activating group) is 2. The van der Waals surface area contributed by atoms with Gasteiger partial charge in [0, 0.05) is 32.2 Å². The third-order valence-electron chi connectivity index (χ3n) is 5.66. The number of esters is 4. The number of carbonyl (C=O) groups is 4. The Bertz CT molecular complexity index is 993. The van der Waals surface area contributed by atoms with Crippen LogP contribution in [0.5, 0.6) is 0 Å². The molecular weight excluding hydrogens is 770 g/mol. The standard InChI is InChI=1S/C16H32NO8P.C8H14O3.C6H16NO6P.2C2H6/c1-4-6-8-15(18)22-12-14(25-16(19)9-7-5-2)13-24-26(20,21)23-11-10-17-3;1-3-5-7(9)11-8(10)6-4-2;1-7-2-3-12-14(10,11)13-5-6(9)4-8;2*1-2/h14,17H,4-13H2,1-3H3,(H,20,21);3-6H2,1-2H3;6-9H,2-5H2,1H3,(H,10,11);2*1-2H3/p+1. The van der Waals surface area contributed by atoms with Crippen molar-refractivity contribution < 1.29 is 85.9 Å². The molecule has 0 aromatic carbocycles. The molecule has 0 aromatic rings. The van der Waals surface area contributed by atoms with Crippen molar-refractivity contribution in [3.05, 3.63) is 0 Å². The molecule has 7 N–H and O–H groups in total. The number of nitrogens with two attached hydrogens (primary N) is 1. The Labute approximate surface area is 329 Å². The van der Waals surface area contributed by atoms with Crippen LogP contribution in [0.3, 0.4) is 0 Å². The van der Waals surface area contributed by atoms with Gasteiger partial charge < -0.3 is 44.8 Å². The number of aliphatic hydroxyl groups is 2. The van der Waals surface area contributed by atoms with Gasteiger partial charge in [0.15, 0.2) is 6.10 Å². The highest BCUT2D eigenvalue weighted by Gasteiger charge is 2.26. The van der Waals surface area contributed by atoms with Crippen LogP contribution >= 0.6 is 15.6 Å². The molecule has 0 spiro atoms. The monoisotopic (exact) mass is 845 g/mol. The first-order chi connectivity index (χ1) is 26.1. The Morgan fingerprint density at radius 2 is 1.15 bits per heavy atom. The van der Waals surface area contributed by atoms with E-state index in [1.807, 2.05) is 55.4 Å². The smallest absolute Gasteiger partial charge is 0.462 e. The molecule has 0 amide bonds. The number of quaternary nitrogens is 1. The molecule has 0 radical (unpaired) electrons. The molecule has 0 saturated carbocycles. The van der Waals surface area contributed by atoms with Gasteiger partial charge in [0.25, 0.3) is 0 Å². The van der Waals surface area contributed by atoms with Gasteiger partial charge in [-0.15, -0.1) is 0 Å². The van der Waals surface area contributed by atoms with E-state index in [-0.39, 0.29) is 32.7 Å². The first-order valence-corrected chi connectivity index (χ1v) is 22.1. The lowest BCUT2D eigenvalue weighted by Gasteiger charge is -2.19. The normalized spacial score (nSPS) is 13.4. The summed E-state index contributed by atoms with van der Waals surface area (Å²) >= 11 is 0. The summed E-state index contributed by atoms with van der Waals surface area (Å²) < 4.78 is 56.0. The minimum absolute atomic E-state index is 0.0273. The van der Waals surface area contributed by atoms with Gasteiger partial charge in [-0.05, 0) is 32.7 Å². The van der Waals surface area contributed by atoms with E-state index in [0.29, 0.717) is 38.8 Å². The van der Waals surface area contributed by atoms with Crippen LogP contribution in [0, 0.1) is 0 Å². The van der Waals surface area contributed by atoms with Crippen LogP contribution in [-0.2, 0) is 60.6 Å². The molecule has 0 aliphatic heterocycles. The van der Waals surface area contributed by atoms with Gasteiger partial charge in [-0.25, -0.2) is 9.13 Å². The molecule has 4 atom stereocenters. The van der Waals surface area contributed by atoms with Crippen molar-refractivity contribution in [3.63, 3.8) is 0 Å². The molecule has 19 nitrogen and oxygen atoms in total. The van der Waals surface area contributed by atoms with Crippen LogP contribution in [0.25, 0.3) is 0 Å². The molecule has 55 heavy (non-hydrogen) atoms. The van der Waals surface area contributed by atoms with Crippen molar-refractivity contribution in [1.29, 1.82) is 0 Å². The number of nitrogens with one attached hydrogen (secondary N) is 1. The van der Waals surface area contributed by atoms with Crippen LogP contribution in [0.1, 0.15) is 120 Å². The number of hydrogen-bond donors (Lipinski definition) is 6. The van der Waals surface area contributed by atoms with Gasteiger partial charge in [0.05, 0.1) is 40.0 Å². The molecule has 0 fully saturated rings. The molecule has 0 rings (SSSR count). The maximum absolute atomic E-state index is 11.8. The molecular formula is C34H75N2O17P2+. The Morgan fingerprint density at radius 3 is 1.58 bits per heavy atom. The highest BCUT2D eigenvalue weighted by molar-refractivity contribution is 7.47. The largest absolute Gasteiger partial charge is 0.472 e. The number of phosphoric acid groups is 2. The Balaban J connectivity index is -0.000000241. The van der Waals surface area contributed by atoms with E-state index in [0.717, 1.165) is 25.7 Å². The van der Waals surface area contributed by atoms with Crippen molar-refractivity contribution >= 4 is 39.5 Å². The minimum atomic E-state index is -4.26. The summed E-state index contributed by atoms with van der Waals surface area (Å²) in [4.78, 5) is 63.3. The summed E-state index contributed by atoms with van der Waals surface area (Å²) in [5.41, 5.74) is 0. The highest BCUT2D eigenvalue weighted by atomic mass is 31.2. The lowest BCUT2D eigenvalue weighted by atomic mass is 10.2. The maximum Gasteiger partial charge on any atom is 0.472 e. The van der Waals surface area contributed by atoms with E-state index in [9.17, 15) is 33.2 Å². The summed E-state index contributed by atoms with van der Waals surface area (Å²) in [5, 5.41) is 21.7. The lowest BCUT2D eigenvalue weighted by Crippen LogP contribution is -2.80. The molecule has 0 aliphatic rings. The second kappa shape index (κ2) is 44.8. The molecule has 4 unspecified atom stereocenters. The fourth-order valence-corrected chi connectivity index (χ4v) is 4.45. The third-order valence-corrected chi connectivity index (χ3v) is 7.63. The quantitative estimate of drug-likeness (QED) is 0.0216. The zero-order chi connectivity index (χ0) is 43.6. The topological polar surface area (TPSA) is 277 Å². The van der Waals surface area contributed by atoms with Crippen molar-refractivity contribution in [2.75, 3.05) is 66.8 Å². The van der Waals surface area contributed by atoms with E-state index in [4.69, 9.17) is 33.6 Å². The second-order valence-electron chi connectivity index (χ2n) is 10.7. The number of hydrogen-bond acceptors (Lipinski definition) is 16. The molecule has 21 heteroatoms. The molecule has 0 saturated heterocycles. The van der Waals surface area contributed by atoms with Gasteiger partial charge in [0.2, 0.25) is 0 Å². The number of phosphoric ester groups is 2. The number of ether oxygens (including phenoxy) is 3. The summed E-state index contributed by atoms with van der Waals surface area (Å²) in [6.45, 7) is 15.0. The summed E-state index contributed by atoms with van der Waals surface area (Å²) in [5.74, 6) is -1.71. The van der Waals surface area contributed by atoms with E-state index >= 15 is 0 Å². The van der Waals surface area contributed by atoms with Crippen LogP contribution in [0.15, 0.2) is 0 Å². The summed E-state index contributed by atoms with van der Waals surface area (Å²) in [6, 6.07) is 0.